The lowest BCUT2D eigenvalue weighted by molar-refractivity contribution is -0.158. The van der Waals surface area contributed by atoms with E-state index < -0.39 is 53.0 Å². The van der Waals surface area contributed by atoms with Gasteiger partial charge in [-0.1, -0.05) is 52.6 Å². The number of nitrogens with one attached hydrogen (secondary N) is 3. The number of thiazole rings is 1. The van der Waals surface area contributed by atoms with Crippen LogP contribution >= 0.6 is 22.9 Å². The Morgan fingerprint density at radius 2 is 1.78 bits per heavy atom. The van der Waals surface area contributed by atoms with Crippen LogP contribution in [0.2, 0.25) is 5.02 Å². The normalized spacial score (nSPS) is 28.0. The van der Waals surface area contributed by atoms with E-state index in [1.165, 1.54) is 16.2 Å². The van der Waals surface area contributed by atoms with Crippen LogP contribution in [0.25, 0.3) is 22.3 Å². The fraction of sp³-hybridized carbons (Fsp3) is 0.660. The van der Waals surface area contributed by atoms with Crippen LogP contribution in [-0.4, -0.2) is 131 Å². The first-order valence-corrected chi connectivity index (χ1v) is 24.5. The number of aromatic nitrogens is 2. The molecule has 4 heterocycles. The van der Waals surface area contributed by atoms with Crippen molar-refractivity contribution in [3.05, 3.63) is 28.6 Å². The molecule has 2 saturated heterocycles. The highest BCUT2D eigenvalue weighted by Gasteiger charge is 2.56. The number of halogens is 1. The average molecular weight is 939 g/mol. The molecule has 3 aromatic rings. The van der Waals surface area contributed by atoms with Crippen LogP contribution in [0.5, 0.6) is 11.5 Å². The number of ether oxygens (including phenoxy) is 4. The number of carbonyl (C=O) groups excluding carboxylic acids is 3. The third-order valence-corrected chi connectivity index (χ3v) is 15.4. The van der Waals surface area contributed by atoms with Crippen LogP contribution in [0.15, 0.2) is 23.6 Å². The maximum absolute atomic E-state index is 14.9. The maximum atomic E-state index is 14.9. The van der Waals surface area contributed by atoms with Crippen LogP contribution in [0.4, 0.5) is 9.93 Å². The van der Waals surface area contributed by atoms with E-state index >= 15 is 0 Å². The second-order valence-corrected chi connectivity index (χ2v) is 21.2. The molecule has 16 nitrogen and oxygen atoms in total. The van der Waals surface area contributed by atoms with Crippen molar-refractivity contribution in [1.82, 2.24) is 30.4 Å². The predicted octanol–water partition coefficient (Wildman–Crippen LogP) is 6.84. The molecule has 18 heteroatoms. The molecule has 1 unspecified atom stereocenters. The molecule has 5 fully saturated rings. The highest BCUT2D eigenvalue weighted by atomic mass is 35.5. The van der Waals surface area contributed by atoms with Gasteiger partial charge in [0.2, 0.25) is 11.8 Å². The van der Waals surface area contributed by atoms with Gasteiger partial charge in [0.15, 0.2) is 5.13 Å². The van der Waals surface area contributed by atoms with Gasteiger partial charge in [0.25, 0.3) is 0 Å². The number of amides is 3. The number of rotatable bonds is 16. The standard InChI is InChI=1S/C47H64ClN7O9S/c1-8-27-11-12-47(27,43(58)59)53-41(56)35-21-29(23-55(35)42(57)40(46(5,6)7)52-45(60)64-28-19-31-26(4)32(31)20-28)63-37-22-33(34-24-65-44(51-34)49-25(2)3)50-39-30(37)9-10-36(38(39)48)62-18-15-54-13-16-61-17-14-54/h9-10,22,24-29,31-32,35,40H,8,11-21,23H2,1-7H3,(H,49,51)(H,52,60)(H,53,56)(H,58,59)/t26-,27?,28+,29-,31+,32-,35+,40-,47-/m1/s1. The minimum Gasteiger partial charge on any atom is -0.491 e. The largest absolute Gasteiger partial charge is 0.491 e. The van der Waals surface area contributed by atoms with Crippen LogP contribution < -0.4 is 25.4 Å². The minimum atomic E-state index is -1.45. The van der Waals surface area contributed by atoms with Crippen molar-refractivity contribution in [2.24, 2.45) is 29.1 Å². The minimum absolute atomic E-state index is 0.0316. The van der Waals surface area contributed by atoms with Crippen molar-refractivity contribution in [3.63, 3.8) is 0 Å². The third kappa shape index (κ3) is 9.98. The van der Waals surface area contributed by atoms with Crippen molar-refractivity contribution < 1.29 is 43.2 Å². The number of fused-ring (bicyclic) bond motifs is 2. The van der Waals surface area contributed by atoms with Crippen molar-refractivity contribution in [2.45, 2.75) is 123 Å². The number of alkyl carbamates (subject to hydrolysis) is 1. The van der Waals surface area contributed by atoms with Crippen LogP contribution in [-0.2, 0) is 23.9 Å². The zero-order chi connectivity index (χ0) is 46.4. The fourth-order valence-electron chi connectivity index (χ4n) is 10.2. The molecule has 8 rings (SSSR count). The number of morpholine rings is 1. The van der Waals surface area contributed by atoms with Crippen molar-refractivity contribution >= 4 is 62.8 Å². The molecule has 3 saturated carbocycles. The molecule has 2 aromatic heterocycles. The van der Waals surface area contributed by atoms with E-state index in [2.05, 4.69) is 27.8 Å². The zero-order valence-corrected chi connectivity index (χ0v) is 40.1. The Kier molecular flexibility index (Phi) is 13.8. The molecule has 9 atom stereocenters. The Morgan fingerprint density at radius 1 is 1.05 bits per heavy atom. The summed E-state index contributed by atoms with van der Waals surface area (Å²) in [5.74, 6) is 0.200. The molecule has 0 bridgehead atoms. The first kappa shape index (κ1) is 47.1. The molecule has 354 valence electrons. The van der Waals surface area contributed by atoms with Gasteiger partial charge in [-0.2, -0.15) is 0 Å². The second kappa shape index (κ2) is 19.0. The number of nitrogens with zero attached hydrogens (tertiary/aromatic N) is 4. The van der Waals surface area contributed by atoms with Gasteiger partial charge in [0.1, 0.15) is 58.7 Å². The molecule has 0 spiro atoms. The molecule has 3 aliphatic carbocycles. The summed E-state index contributed by atoms with van der Waals surface area (Å²) in [6, 6.07) is 3.38. The summed E-state index contributed by atoms with van der Waals surface area (Å²) < 4.78 is 24.4. The van der Waals surface area contributed by atoms with Crippen molar-refractivity contribution in [1.29, 1.82) is 0 Å². The fourth-order valence-corrected chi connectivity index (χ4v) is 11.4. The van der Waals surface area contributed by atoms with Gasteiger partial charge in [-0.3, -0.25) is 14.5 Å². The van der Waals surface area contributed by atoms with Gasteiger partial charge in [-0.15, -0.1) is 11.3 Å². The summed E-state index contributed by atoms with van der Waals surface area (Å²) in [7, 11) is 0. The lowest BCUT2D eigenvalue weighted by atomic mass is 9.65. The number of carboxylic acids is 1. The number of hydrogen-bond acceptors (Lipinski definition) is 13. The molecular formula is C47H64ClN7O9S. The first-order valence-electron chi connectivity index (χ1n) is 23.2. The van der Waals surface area contributed by atoms with E-state index in [1.807, 2.05) is 53.0 Å². The number of pyridine rings is 1. The summed E-state index contributed by atoms with van der Waals surface area (Å²) >= 11 is 8.57. The van der Waals surface area contributed by atoms with Gasteiger partial charge < -0.3 is 44.9 Å². The van der Waals surface area contributed by atoms with Gasteiger partial charge >= 0.3 is 12.1 Å². The number of benzene rings is 1. The summed E-state index contributed by atoms with van der Waals surface area (Å²) in [6.07, 6.45) is 1.54. The molecule has 5 aliphatic rings. The molecule has 2 aliphatic heterocycles. The average Bonchev–Trinajstić information content (AvgIpc) is 3.74. The molecule has 65 heavy (non-hydrogen) atoms. The van der Waals surface area contributed by atoms with E-state index in [9.17, 15) is 24.3 Å². The predicted molar refractivity (Wildman–Crippen MR) is 247 cm³/mol. The number of hydrogen-bond donors (Lipinski definition) is 4. The topological polar surface area (TPSA) is 194 Å². The SMILES string of the molecule is CCC1CC[C@]1(NC(=O)[C@@H]1C[C@@H](Oc2cc(-c3csc(NC(C)C)n3)nc3c(Cl)c(OCCN4CCOCC4)ccc23)CN1C(=O)[C@@H](NC(=O)O[C@@H]1C[C@@H]2[C@H](C)[C@@H]2C1)C(C)(C)C)C(=O)O. The Bertz CT molecular complexity index is 2250. The van der Waals surface area contributed by atoms with Crippen molar-refractivity contribution in [2.75, 3.05) is 51.3 Å². The molecular weight excluding hydrogens is 874 g/mol. The van der Waals surface area contributed by atoms with E-state index in [1.54, 1.807) is 12.1 Å². The summed E-state index contributed by atoms with van der Waals surface area (Å²) in [5, 5.41) is 23.0. The third-order valence-electron chi connectivity index (χ3n) is 14.2. The first-order chi connectivity index (χ1) is 30.9. The molecule has 1 aromatic carbocycles. The van der Waals surface area contributed by atoms with Gasteiger partial charge in [0, 0.05) is 48.9 Å². The van der Waals surface area contributed by atoms with Gasteiger partial charge in [-0.05, 0) is 80.8 Å². The van der Waals surface area contributed by atoms with E-state index in [4.69, 9.17) is 40.5 Å². The van der Waals surface area contributed by atoms with Crippen LogP contribution in [0.1, 0.15) is 87.0 Å². The number of carboxylic acid groups (broad SMARTS) is 1. The number of anilines is 1. The summed E-state index contributed by atoms with van der Waals surface area (Å²) in [5.41, 5.74) is -0.719. The van der Waals surface area contributed by atoms with E-state index in [0.717, 1.165) is 31.1 Å². The Morgan fingerprint density at radius 3 is 2.43 bits per heavy atom. The molecule has 3 amide bonds. The number of likely N-dealkylation sites (tertiary alicyclic amines) is 1. The Balaban J connectivity index is 1.09. The Labute approximate surface area is 389 Å². The smallest absolute Gasteiger partial charge is 0.408 e. The number of carbonyl (C=O) groups is 4. The van der Waals surface area contributed by atoms with Crippen molar-refractivity contribution in [3.8, 4) is 22.9 Å². The quantitative estimate of drug-likeness (QED) is 0.117. The maximum Gasteiger partial charge on any atom is 0.408 e. The lowest BCUT2D eigenvalue weighted by Crippen LogP contribution is -2.67. The second-order valence-electron chi connectivity index (χ2n) is 19.9. The highest BCUT2D eigenvalue weighted by molar-refractivity contribution is 7.14. The lowest BCUT2D eigenvalue weighted by Gasteiger charge is -2.47. The number of aliphatic carboxylic acids is 1. The van der Waals surface area contributed by atoms with Gasteiger partial charge in [0.05, 0.1) is 31.0 Å². The zero-order valence-electron chi connectivity index (χ0n) is 38.5. The monoisotopic (exact) mass is 937 g/mol. The van der Waals surface area contributed by atoms with Crippen LogP contribution in [0.3, 0.4) is 0 Å². The Hall–Kier alpha value is -4.45. The molecule has 4 N–H and O–H groups in total. The summed E-state index contributed by atoms with van der Waals surface area (Å²) in [4.78, 5) is 69.2. The molecule has 0 radical (unpaired) electrons. The summed E-state index contributed by atoms with van der Waals surface area (Å²) in [6.45, 7) is 17.8. The van der Waals surface area contributed by atoms with E-state index in [-0.39, 0.29) is 37.5 Å². The van der Waals surface area contributed by atoms with Crippen LogP contribution in [0, 0.1) is 29.1 Å². The van der Waals surface area contributed by atoms with E-state index in [0.29, 0.717) is 95.8 Å². The van der Waals surface area contributed by atoms with Gasteiger partial charge in [-0.25, -0.2) is 19.6 Å². The highest BCUT2D eigenvalue weighted by Crippen LogP contribution is 2.57.